The lowest BCUT2D eigenvalue weighted by atomic mass is 9.98. The number of rotatable bonds is 9. The van der Waals surface area contributed by atoms with Crippen molar-refractivity contribution in [1.29, 1.82) is 0 Å². The van der Waals surface area contributed by atoms with Gasteiger partial charge in [0.05, 0.1) is 11.6 Å². The highest BCUT2D eigenvalue weighted by Gasteiger charge is 2.36. The Hall–Kier alpha value is -3.29. The molecule has 3 atom stereocenters. The van der Waals surface area contributed by atoms with E-state index in [0.29, 0.717) is 32.4 Å². The molecule has 1 saturated heterocycles. The Kier molecular flexibility index (Phi) is 6.78. The molecule has 7 heteroatoms. The van der Waals surface area contributed by atoms with Crippen molar-refractivity contribution in [2.24, 2.45) is 11.7 Å². The van der Waals surface area contributed by atoms with Gasteiger partial charge in [0.1, 0.15) is 0 Å². The monoisotopic (exact) mass is 431 g/mol. The number of anilines is 1. The van der Waals surface area contributed by atoms with Crippen LogP contribution in [0, 0.1) is 5.92 Å². The fourth-order valence-corrected chi connectivity index (χ4v) is 4.17. The normalized spacial score (nSPS) is 19.9. The molecule has 1 aromatic heterocycles. The first kappa shape index (κ1) is 21.9. The highest BCUT2D eigenvalue weighted by Crippen LogP contribution is 2.23. The maximum absolute atomic E-state index is 13.1. The maximum atomic E-state index is 13.1. The first-order valence-corrected chi connectivity index (χ1v) is 11.0. The number of amides is 1. The van der Waals surface area contributed by atoms with Gasteiger partial charge in [-0.3, -0.25) is 14.6 Å². The van der Waals surface area contributed by atoms with E-state index >= 15 is 0 Å². The molecule has 5 N–H and O–H groups in total. The molecule has 7 nitrogen and oxygen atoms in total. The summed E-state index contributed by atoms with van der Waals surface area (Å²) in [5.41, 5.74) is 7.22. The Bertz CT molecular complexity index is 1070. The summed E-state index contributed by atoms with van der Waals surface area (Å²) in [5, 5.41) is 10.5. The van der Waals surface area contributed by atoms with E-state index in [0.717, 1.165) is 28.4 Å². The van der Waals surface area contributed by atoms with Crippen molar-refractivity contribution in [3.05, 3.63) is 72.4 Å². The van der Waals surface area contributed by atoms with Gasteiger partial charge in [-0.1, -0.05) is 36.4 Å². The van der Waals surface area contributed by atoms with Crippen LogP contribution in [0.1, 0.15) is 18.4 Å². The Morgan fingerprint density at radius 3 is 2.78 bits per heavy atom. The van der Waals surface area contributed by atoms with Gasteiger partial charge in [-0.25, -0.2) is 0 Å². The number of pyridine rings is 1. The third kappa shape index (κ3) is 5.12. The van der Waals surface area contributed by atoms with Crippen LogP contribution in [0.5, 0.6) is 0 Å². The SMILES string of the molecule is NC[C@@H]1CN[C@@H](C(=O)N[C@@](C=O)(CCc2ccccc2)Nc2ccc3ncccc3c2)C1. The number of nitrogens with two attached hydrogens (primary N) is 1. The van der Waals surface area contributed by atoms with Gasteiger partial charge >= 0.3 is 0 Å². The van der Waals surface area contributed by atoms with E-state index in [1.54, 1.807) is 6.20 Å². The third-order valence-corrected chi connectivity index (χ3v) is 6.04. The predicted molar refractivity (Wildman–Crippen MR) is 126 cm³/mol. The number of carbonyl (C=O) groups excluding carboxylic acids is 2. The number of aldehydes is 1. The summed E-state index contributed by atoms with van der Waals surface area (Å²) >= 11 is 0. The molecule has 1 aliphatic heterocycles. The lowest BCUT2D eigenvalue weighted by molar-refractivity contribution is -0.127. The van der Waals surface area contributed by atoms with Crippen LogP contribution in [0.2, 0.25) is 0 Å². The first-order valence-electron chi connectivity index (χ1n) is 11.0. The van der Waals surface area contributed by atoms with Gasteiger partial charge in [-0.2, -0.15) is 0 Å². The number of hydrogen-bond donors (Lipinski definition) is 4. The zero-order valence-electron chi connectivity index (χ0n) is 18.0. The molecule has 3 aromatic rings. The predicted octanol–water partition coefficient (Wildman–Crippen LogP) is 2.23. The molecule has 166 valence electrons. The van der Waals surface area contributed by atoms with E-state index in [9.17, 15) is 9.59 Å². The molecule has 0 aliphatic carbocycles. The molecule has 0 unspecified atom stereocenters. The standard InChI is InChI=1S/C25H29N5O2/c26-15-19-13-23(28-16-19)24(32)30-25(17-31,11-10-18-5-2-1-3-6-18)29-21-8-9-22-20(14-21)7-4-12-27-22/h1-9,12,14,17,19,23,28-29H,10-11,13,15-16,26H2,(H,30,32)/t19-,23-,25-/m1/s1. The lowest BCUT2D eigenvalue weighted by Gasteiger charge is -2.33. The average Bonchev–Trinajstić information content (AvgIpc) is 3.33. The van der Waals surface area contributed by atoms with Gasteiger partial charge in [0.25, 0.3) is 0 Å². The second-order valence-corrected chi connectivity index (χ2v) is 8.40. The summed E-state index contributed by atoms with van der Waals surface area (Å²) in [6.07, 6.45) is 4.25. The zero-order valence-corrected chi connectivity index (χ0v) is 18.0. The minimum Gasteiger partial charge on any atom is -0.357 e. The van der Waals surface area contributed by atoms with E-state index in [-0.39, 0.29) is 17.9 Å². The highest BCUT2D eigenvalue weighted by molar-refractivity contribution is 5.88. The van der Waals surface area contributed by atoms with Crippen molar-refractivity contribution in [2.45, 2.75) is 31.0 Å². The second-order valence-electron chi connectivity index (χ2n) is 8.40. The van der Waals surface area contributed by atoms with Gasteiger partial charge < -0.3 is 21.7 Å². The highest BCUT2D eigenvalue weighted by atomic mass is 16.2. The number of nitrogens with one attached hydrogen (secondary N) is 3. The molecule has 1 aliphatic rings. The number of benzene rings is 2. The Morgan fingerprint density at radius 1 is 1.19 bits per heavy atom. The third-order valence-electron chi connectivity index (χ3n) is 6.04. The fourth-order valence-electron chi connectivity index (χ4n) is 4.17. The van der Waals surface area contributed by atoms with Crippen molar-refractivity contribution < 1.29 is 9.59 Å². The van der Waals surface area contributed by atoms with Crippen LogP contribution in [0.3, 0.4) is 0 Å². The van der Waals surface area contributed by atoms with E-state index in [1.807, 2.05) is 60.7 Å². The molecular formula is C25H29N5O2. The molecule has 0 radical (unpaired) electrons. The van der Waals surface area contributed by atoms with Gasteiger partial charge in [0.15, 0.2) is 11.9 Å². The summed E-state index contributed by atoms with van der Waals surface area (Å²) in [7, 11) is 0. The summed E-state index contributed by atoms with van der Waals surface area (Å²) in [5.74, 6) is 0.0673. The fraction of sp³-hybridized carbons (Fsp3) is 0.320. The van der Waals surface area contributed by atoms with Gasteiger partial charge in [-0.05, 0) is 61.7 Å². The van der Waals surface area contributed by atoms with Gasteiger partial charge in [-0.15, -0.1) is 0 Å². The number of aromatic nitrogens is 1. The van der Waals surface area contributed by atoms with Crippen molar-refractivity contribution in [3.8, 4) is 0 Å². The number of fused-ring (bicyclic) bond motifs is 1. The molecule has 1 fully saturated rings. The van der Waals surface area contributed by atoms with Crippen molar-refractivity contribution in [2.75, 3.05) is 18.4 Å². The molecule has 2 aromatic carbocycles. The van der Waals surface area contributed by atoms with E-state index in [2.05, 4.69) is 20.9 Å². The quantitative estimate of drug-likeness (QED) is 0.306. The smallest absolute Gasteiger partial charge is 0.239 e. The number of hydrogen-bond acceptors (Lipinski definition) is 6. The Labute approximate surface area is 187 Å². The first-order chi connectivity index (χ1) is 15.6. The van der Waals surface area contributed by atoms with Gasteiger partial charge in [0.2, 0.25) is 5.91 Å². The summed E-state index contributed by atoms with van der Waals surface area (Å²) in [4.78, 5) is 29.9. The van der Waals surface area contributed by atoms with Crippen molar-refractivity contribution in [3.63, 3.8) is 0 Å². The minimum atomic E-state index is -1.24. The number of carbonyl (C=O) groups is 2. The van der Waals surface area contributed by atoms with Crippen LogP contribution >= 0.6 is 0 Å². The molecular weight excluding hydrogens is 402 g/mol. The Balaban J connectivity index is 1.57. The summed E-state index contributed by atoms with van der Waals surface area (Å²) < 4.78 is 0. The van der Waals surface area contributed by atoms with E-state index < -0.39 is 5.66 Å². The van der Waals surface area contributed by atoms with Crippen molar-refractivity contribution >= 4 is 28.8 Å². The van der Waals surface area contributed by atoms with Crippen LogP contribution in [-0.2, 0) is 16.0 Å². The minimum absolute atomic E-state index is 0.198. The molecule has 32 heavy (non-hydrogen) atoms. The van der Waals surface area contributed by atoms with Crippen molar-refractivity contribution in [1.82, 2.24) is 15.6 Å². The molecule has 1 amide bonds. The maximum Gasteiger partial charge on any atom is 0.239 e. The van der Waals surface area contributed by atoms with Gasteiger partial charge in [0, 0.05) is 23.7 Å². The Morgan fingerprint density at radius 2 is 2.03 bits per heavy atom. The number of nitrogens with zero attached hydrogens (tertiary/aromatic N) is 1. The molecule has 0 bridgehead atoms. The zero-order chi connectivity index (χ0) is 22.4. The molecule has 4 rings (SSSR count). The van der Waals surface area contributed by atoms with Crippen LogP contribution in [0.25, 0.3) is 10.9 Å². The van der Waals surface area contributed by atoms with Crippen LogP contribution in [0.15, 0.2) is 66.9 Å². The topological polar surface area (TPSA) is 109 Å². The molecule has 0 spiro atoms. The lowest BCUT2D eigenvalue weighted by Crippen LogP contribution is -2.59. The largest absolute Gasteiger partial charge is 0.357 e. The van der Waals surface area contributed by atoms with Crippen LogP contribution in [-0.4, -0.2) is 42.0 Å². The number of aryl methyl sites for hydroxylation is 1. The van der Waals surface area contributed by atoms with E-state index in [4.69, 9.17) is 5.73 Å². The van der Waals surface area contributed by atoms with Crippen LogP contribution in [0.4, 0.5) is 5.69 Å². The van der Waals surface area contributed by atoms with Crippen LogP contribution < -0.4 is 21.7 Å². The average molecular weight is 432 g/mol. The molecule has 2 heterocycles. The molecule has 0 saturated carbocycles. The summed E-state index contributed by atoms with van der Waals surface area (Å²) in [6, 6.07) is 19.1. The second kappa shape index (κ2) is 9.89. The van der Waals surface area contributed by atoms with E-state index in [1.165, 1.54) is 0 Å². The summed E-state index contributed by atoms with van der Waals surface area (Å²) in [6.45, 7) is 1.24.